The molecule has 0 heterocycles. The third-order valence-electron chi connectivity index (χ3n) is 11.4. The molecular formula is C58H100O6. The van der Waals surface area contributed by atoms with Gasteiger partial charge in [0.05, 0.1) is 0 Å². The lowest BCUT2D eigenvalue weighted by Gasteiger charge is -2.18. The Morgan fingerprint density at radius 1 is 0.328 bits per heavy atom. The number of hydrogen-bond donors (Lipinski definition) is 0. The van der Waals surface area contributed by atoms with E-state index in [1.54, 1.807) is 0 Å². The van der Waals surface area contributed by atoms with Crippen LogP contribution in [0, 0.1) is 0 Å². The first-order valence-electron chi connectivity index (χ1n) is 26.9. The molecule has 0 fully saturated rings. The molecule has 0 aliphatic heterocycles. The van der Waals surface area contributed by atoms with Crippen LogP contribution < -0.4 is 0 Å². The lowest BCUT2D eigenvalue weighted by atomic mass is 10.1. The van der Waals surface area contributed by atoms with Gasteiger partial charge >= 0.3 is 17.9 Å². The highest BCUT2D eigenvalue weighted by Crippen LogP contribution is 2.14. The van der Waals surface area contributed by atoms with Crippen molar-refractivity contribution in [3.63, 3.8) is 0 Å². The third-order valence-corrected chi connectivity index (χ3v) is 11.4. The molecule has 1 atom stereocenters. The van der Waals surface area contributed by atoms with Gasteiger partial charge in [0, 0.05) is 19.3 Å². The fourth-order valence-corrected chi connectivity index (χ4v) is 7.40. The maximum atomic E-state index is 12.8. The first-order valence-corrected chi connectivity index (χ1v) is 26.9. The summed E-state index contributed by atoms with van der Waals surface area (Å²) < 4.78 is 16.8. The van der Waals surface area contributed by atoms with E-state index in [1.165, 1.54) is 116 Å². The van der Waals surface area contributed by atoms with Gasteiger partial charge in [-0.2, -0.15) is 0 Å². The average molecular weight is 893 g/mol. The third kappa shape index (κ3) is 49.9. The predicted molar refractivity (Wildman–Crippen MR) is 274 cm³/mol. The van der Waals surface area contributed by atoms with Crippen molar-refractivity contribution in [2.45, 2.75) is 264 Å². The van der Waals surface area contributed by atoms with Gasteiger partial charge in [-0.3, -0.25) is 14.4 Å². The van der Waals surface area contributed by atoms with Gasteiger partial charge < -0.3 is 14.2 Å². The molecular weight excluding hydrogens is 793 g/mol. The molecule has 6 nitrogen and oxygen atoms in total. The van der Waals surface area contributed by atoms with Crippen LogP contribution in [-0.2, 0) is 28.6 Å². The Morgan fingerprint density at radius 2 is 0.609 bits per heavy atom. The first kappa shape index (κ1) is 60.9. The average Bonchev–Trinajstić information content (AvgIpc) is 3.29. The summed E-state index contributed by atoms with van der Waals surface area (Å²) in [5.74, 6) is -0.925. The molecule has 0 aromatic rings. The largest absolute Gasteiger partial charge is 0.462 e. The van der Waals surface area contributed by atoms with E-state index in [2.05, 4.69) is 93.7 Å². The lowest BCUT2D eigenvalue weighted by molar-refractivity contribution is -0.167. The summed E-state index contributed by atoms with van der Waals surface area (Å²) >= 11 is 0. The zero-order valence-electron chi connectivity index (χ0n) is 42.0. The van der Waals surface area contributed by atoms with Crippen LogP contribution in [0.15, 0.2) is 72.9 Å². The zero-order valence-corrected chi connectivity index (χ0v) is 42.0. The van der Waals surface area contributed by atoms with E-state index in [0.717, 1.165) is 103 Å². The molecule has 0 N–H and O–H groups in total. The van der Waals surface area contributed by atoms with Crippen molar-refractivity contribution in [2.75, 3.05) is 13.2 Å². The summed E-state index contributed by atoms with van der Waals surface area (Å²) in [5, 5.41) is 0. The number of esters is 3. The summed E-state index contributed by atoms with van der Waals surface area (Å²) in [5.41, 5.74) is 0. The fraction of sp³-hybridized carbons (Fsp3) is 0.741. The number of unbranched alkanes of at least 4 members (excludes halogenated alkanes) is 25. The molecule has 0 saturated carbocycles. The van der Waals surface area contributed by atoms with Gasteiger partial charge in [0.15, 0.2) is 6.10 Å². The van der Waals surface area contributed by atoms with E-state index in [1.807, 2.05) is 0 Å². The second-order valence-corrected chi connectivity index (χ2v) is 17.8. The predicted octanol–water partition coefficient (Wildman–Crippen LogP) is 17.8. The standard InChI is InChI=1S/C58H100O6/c1-4-7-10-13-16-19-22-24-25-26-27-28-29-30-31-32-33-35-36-39-42-45-48-51-57(60)63-54-55(53-62-56(59)50-47-44-41-38-21-18-15-12-9-6-3)64-58(61)52-49-46-43-40-37-34-23-20-17-14-11-8-5-2/h8,11,17,20,22,24,26-27,29-30,34,37,55H,4-7,9-10,12-16,18-19,21,23,25,28,31-33,35-36,38-54H2,1-3H3/b11-8-,20-17-,24-22-,27-26-,30-29-,37-34-. The molecule has 0 bridgehead atoms. The number of carbonyl (C=O) groups is 3. The van der Waals surface area contributed by atoms with Crippen LogP contribution in [0.2, 0.25) is 0 Å². The van der Waals surface area contributed by atoms with Crippen LogP contribution in [-0.4, -0.2) is 37.2 Å². The normalized spacial score (nSPS) is 12.6. The minimum Gasteiger partial charge on any atom is -0.462 e. The van der Waals surface area contributed by atoms with Crippen LogP contribution in [0.25, 0.3) is 0 Å². The maximum absolute atomic E-state index is 12.8. The molecule has 1 unspecified atom stereocenters. The molecule has 0 rings (SSSR count). The van der Waals surface area contributed by atoms with Gasteiger partial charge in [-0.05, 0) is 89.9 Å². The minimum absolute atomic E-state index is 0.0885. The van der Waals surface area contributed by atoms with Crippen molar-refractivity contribution in [1.29, 1.82) is 0 Å². The second-order valence-electron chi connectivity index (χ2n) is 17.8. The van der Waals surface area contributed by atoms with Crippen molar-refractivity contribution in [3.8, 4) is 0 Å². The molecule has 64 heavy (non-hydrogen) atoms. The number of allylic oxidation sites excluding steroid dienone is 12. The molecule has 0 aliphatic carbocycles. The summed E-state index contributed by atoms with van der Waals surface area (Å²) in [7, 11) is 0. The van der Waals surface area contributed by atoms with Crippen molar-refractivity contribution in [3.05, 3.63) is 72.9 Å². The van der Waals surface area contributed by atoms with E-state index in [9.17, 15) is 14.4 Å². The van der Waals surface area contributed by atoms with Crippen LogP contribution in [0.1, 0.15) is 258 Å². The Hall–Kier alpha value is -3.15. The van der Waals surface area contributed by atoms with Gasteiger partial charge in [0.2, 0.25) is 0 Å². The number of carbonyl (C=O) groups excluding carboxylic acids is 3. The van der Waals surface area contributed by atoms with Gasteiger partial charge in [-0.25, -0.2) is 0 Å². The van der Waals surface area contributed by atoms with E-state index in [4.69, 9.17) is 14.2 Å². The van der Waals surface area contributed by atoms with Crippen molar-refractivity contribution >= 4 is 17.9 Å². The van der Waals surface area contributed by atoms with Crippen molar-refractivity contribution in [1.82, 2.24) is 0 Å². The first-order chi connectivity index (χ1) is 31.5. The second kappa shape index (κ2) is 52.5. The Bertz CT molecular complexity index is 1210. The van der Waals surface area contributed by atoms with Crippen LogP contribution in [0.5, 0.6) is 0 Å². The molecule has 368 valence electrons. The Morgan fingerprint density at radius 3 is 0.969 bits per heavy atom. The Kier molecular flexibility index (Phi) is 49.9. The molecule has 0 aromatic carbocycles. The smallest absolute Gasteiger partial charge is 0.306 e. The highest BCUT2D eigenvalue weighted by molar-refractivity contribution is 5.71. The number of rotatable bonds is 48. The summed E-state index contributed by atoms with van der Waals surface area (Å²) in [6.07, 6.45) is 66.1. The van der Waals surface area contributed by atoms with Gasteiger partial charge in [0.25, 0.3) is 0 Å². The SMILES string of the molecule is CC/C=C\C/C=C\C/C=C\CCCCCC(=O)OC(COC(=O)CCCCCCCCCC/C=C\C/C=C\C/C=C\CCCCCCC)COC(=O)CCCCCCCCCCCC. The summed E-state index contributed by atoms with van der Waals surface area (Å²) in [6, 6.07) is 0. The molecule has 0 radical (unpaired) electrons. The minimum atomic E-state index is -0.791. The molecule has 0 saturated heterocycles. The number of ether oxygens (including phenoxy) is 3. The van der Waals surface area contributed by atoms with Crippen molar-refractivity contribution < 1.29 is 28.6 Å². The van der Waals surface area contributed by atoms with E-state index in [-0.39, 0.29) is 31.1 Å². The Balaban J connectivity index is 4.31. The van der Waals surface area contributed by atoms with Crippen LogP contribution >= 0.6 is 0 Å². The monoisotopic (exact) mass is 893 g/mol. The maximum Gasteiger partial charge on any atom is 0.306 e. The van der Waals surface area contributed by atoms with Gasteiger partial charge in [-0.15, -0.1) is 0 Å². The van der Waals surface area contributed by atoms with E-state index in [0.29, 0.717) is 19.3 Å². The molecule has 0 aromatic heterocycles. The van der Waals surface area contributed by atoms with E-state index < -0.39 is 6.10 Å². The van der Waals surface area contributed by atoms with Crippen LogP contribution in [0.3, 0.4) is 0 Å². The topological polar surface area (TPSA) is 78.9 Å². The van der Waals surface area contributed by atoms with E-state index >= 15 is 0 Å². The lowest BCUT2D eigenvalue weighted by Crippen LogP contribution is -2.30. The molecule has 0 aliphatic rings. The summed E-state index contributed by atoms with van der Waals surface area (Å²) in [4.78, 5) is 37.9. The van der Waals surface area contributed by atoms with Gasteiger partial charge in [-0.1, -0.05) is 222 Å². The molecule has 0 spiro atoms. The highest BCUT2D eigenvalue weighted by Gasteiger charge is 2.19. The van der Waals surface area contributed by atoms with Gasteiger partial charge in [0.1, 0.15) is 13.2 Å². The molecule has 0 amide bonds. The summed E-state index contributed by atoms with van der Waals surface area (Å²) in [6.45, 7) is 6.47. The molecule has 6 heteroatoms. The fourth-order valence-electron chi connectivity index (χ4n) is 7.40. The highest BCUT2D eigenvalue weighted by atomic mass is 16.6. The van der Waals surface area contributed by atoms with Crippen LogP contribution in [0.4, 0.5) is 0 Å². The zero-order chi connectivity index (χ0) is 46.5. The Labute approximate surface area is 395 Å². The van der Waals surface area contributed by atoms with Crippen molar-refractivity contribution in [2.24, 2.45) is 0 Å². The quantitative estimate of drug-likeness (QED) is 0.0262. The number of hydrogen-bond acceptors (Lipinski definition) is 6.